The van der Waals surface area contributed by atoms with Crippen LogP contribution in [0.25, 0.3) is 0 Å². The normalized spacial score (nSPS) is 23.5. The first-order valence-corrected chi connectivity index (χ1v) is 6.08. The molecule has 5 nitrogen and oxygen atoms in total. The summed E-state index contributed by atoms with van der Waals surface area (Å²) in [4.78, 5) is 24.9. The van der Waals surface area contributed by atoms with Gasteiger partial charge in [0.05, 0.1) is 12.5 Å². The number of rotatable bonds is 5. The van der Waals surface area contributed by atoms with Crippen LogP contribution in [0.1, 0.15) is 19.3 Å². The second kappa shape index (κ2) is 6.89. The molecule has 1 saturated carbocycles. The number of piperazine rings is 1. The Labute approximate surface area is 112 Å². The van der Waals surface area contributed by atoms with E-state index in [-0.39, 0.29) is 37.2 Å². The third-order valence-electron chi connectivity index (χ3n) is 3.07. The molecular formula is C11H19ClFN3O2. The van der Waals surface area contributed by atoms with Crippen molar-refractivity contribution >= 4 is 24.2 Å². The van der Waals surface area contributed by atoms with E-state index in [4.69, 9.17) is 0 Å². The van der Waals surface area contributed by atoms with Gasteiger partial charge in [0.15, 0.2) is 0 Å². The largest absolute Gasteiger partial charge is 0.353 e. The lowest BCUT2D eigenvalue weighted by atomic mass is 10.1. The van der Waals surface area contributed by atoms with Gasteiger partial charge in [-0.25, -0.2) is 4.39 Å². The molecule has 1 unspecified atom stereocenters. The highest BCUT2D eigenvalue weighted by Gasteiger charge is 2.31. The molecule has 2 amide bonds. The molecular weight excluding hydrogens is 261 g/mol. The fourth-order valence-electron chi connectivity index (χ4n) is 1.97. The third-order valence-corrected chi connectivity index (χ3v) is 3.07. The van der Waals surface area contributed by atoms with Gasteiger partial charge in [0, 0.05) is 25.7 Å². The van der Waals surface area contributed by atoms with Gasteiger partial charge in [0.2, 0.25) is 11.8 Å². The maximum absolute atomic E-state index is 12.2. The molecule has 1 saturated heterocycles. The molecule has 2 N–H and O–H groups in total. The number of carbonyl (C=O) groups is 2. The zero-order valence-corrected chi connectivity index (χ0v) is 11.0. The van der Waals surface area contributed by atoms with Gasteiger partial charge in [-0.05, 0) is 12.8 Å². The fraction of sp³-hybridized carbons (Fsp3) is 0.818. The van der Waals surface area contributed by atoms with Crippen LogP contribution >= 0.6 is 12.4 Å². The van der Waals surface area contributed by atoms with E-state index < -0.39 is 12.7 Å². The van der Waals surface area contributed by atoms with Gasteiger partial charge < -0.3 is 15.5 Å². The predicted molar refractivity (Wildman–Crippen MR) is 67.4 cm³/mol. The Morgan fingerprint density at radius 1 is 1.50 bits per heavy atom. The van der Waals surface area contributed by atoms with Crippen molar-refractivity contribution in [2.24, 2.45) is 0 Å². The highest BCUT2D eigenvalue weighted by Crippen LogP contribution is 2.19. The summed E-state index contributed by atoms with van der Waals surface area (Å²) in [5, 5.41) is 5.85. The predicted octanol–water partition coefficient (Wildman–Crippen LogP) is -0.153. The number of amides is 2. The maximum atomic E-state index is 12.2. The van der Waals surface area contributed by atoms with Crippen molar-refractivity contribution < 1.29 is 14.0 Å². The number of nitrogens with zero attached hydrogens (tertiary/aromatic N) is 1. The first-order chi connectivity index (χ1) is 8.20. The Morgan fingerprint density at radius 3 is 2.83 bits per heavy atom. The molecule has 0 aromatic carbocycles. The van der Waals surface area contributed by atoms with E-state index in [1.54, 1.807) is 0 Å². The van der Waals surface area contributed by atoms with Crippen molar-refractivity contribution in [2.45, 2.75) is 31.3 Å². The average Bonchev–Trinajstić information content (AvgIpc) is 3.08. The van der Waals surface area contributed by atoms with Crippen LogP contribution in [0.5, 0.6) is 0 Å². The summed E-state index contributed by atoms with van der Waals surface area (Å²) in [6, 6.07) is -0.183. The van der Waals surface area contributed by atoms with Crippen molar-refractivity contribution in [3.8, 4) is 0 Å². The van der Waals surface area contributed by atoms with E-state index in [2.05, 4.69) is 10.6 Å². The van der Waals surface area contributed by atoms with E-state index in [1.807, 2.05) is 0 Å². The van der Waals surface area contributed by atoms with Crippen LogP contribution in [0.2, 0.25) is 0 Å². The lowest BCUT2D eigenvalue weighted by Crippen LogP contribution is -2.56. The van der Waals surface area contributed by atoms with Crippen LogP contribution in [0.15, 0.2) is 0 Å². The second-order valence-electron chi connectivity index (χ2n) is 4.57. The first-order valence-electron chi connectivity index (χ1n) is 6.08. The van der Waals surface area contributed by atoms with E-state index in [0.29, 0.717) is 19.1 Å². The van der Waals surface area contributed by atoms with E-state index in [9.17, 15) is 14.0 Å². The Morgan fingerprint density at radius 2 is 2.22 bits per heavy atom. The van der Waals surface area contributed by atoms with Crippen molar-refractivity contribution in [1.29, 1.82) is 0 Å². The molecule has 18 heavy (non-hydrogen) atoms. The highest BCUT2D eigenvalue weighted by atomic mass is 35.5. The number of hydrogen-bond donors (Lipinski definition) is 2. The number of alkyl halides is 1. The van der Waals surface area contributed by atoms with Crippen molar-refractivity contribution in [1.82, 2.24) is 15.5 Å². The molecule has 1 heterocycles. The molecule has 104 valence electrons. The number of hydrogen-bond acceptors (Lipinski definition) is 3. The zero-order chi connectivity index (χ0) is 12.3. The van der Waals surface area contributed by atoms with Gasteiger partial charge >= 0.3 is 0 Å². The number of carbonyl (C=O) groups excluding carboxylic acids is 2. The van der Waals surface area contributed by atoms with Crippen LogP contribution in [0.3, 0.4) is 0 Å². The summed E-state index contributed by atoms with van der Waals surface area (Å²) in [5.74, 6) is -0.264. The summed E-state index contributed by atoms with van der Waals surface area (Å²) in [5.41, 5.74) is 0. The Hall–Kier alpha value is -0.880. The van der Waals surface area contributed by atoms with Crippen molar-refractivity contribution in [2.75, 3.05) is 26.3 Å². The molecule has 2 aliphatic rings. The van der Waals surface area contributed by atoms with E-state index in [1.165, 1.54) is 4.90 Å². The molecule has 0 bridgehead atoms. The molecule has 7 heteroatoms. The third kappa shape index (κ3) is 4.10. The summed E-state index contributed by atoms with van der Waals surface area (Å²) in [6.07, 6.45) is 2.22. The Bertz CT molecular complexity index is 311. The van der Waals surface area contributed by atoms with Crippen molar-refractivity contribution in [3.63, 3.8) is 0 Å². The van der Waals surface area contributed by atoms with Gasteiger partial charge in [-0.2, -0.15) is 0 Å². The summed E-state index contributed by atoms with van der Waals surface area (Å²) >= 11 is 0. The zero-order valence-electron chi connectivity index (χ0n) is 10.2. The van der Waals surface area contributed by atoms with Crippen LogP contribution in [0, 0.1) is 0 Å². The lowest BCUT2D eigenvalue weighted by Gasteiger charge is -2.32. The fourth-order valence-corrected chi connectivity index (χ4v) is 1.97. The van der Waals surface area contributed by atoms with Gasteiger partial charge in [0.1, 0.15) is 6.67 Å². The second-order valence-corrected chi connectivity index (χ2v) is 4.57. The van der Waals surface area contributed by atoms with Gasteiger partial charge in [0.25, 0.3) is 0 Å². The van der Waals surface area contributed by atoms with Gasteiger partial charge in [-0.1, -0.05) is 0 Å². The average molecular weight is 280 g/mol. The first kappa shape index (κ1) is 15.2. The van der Waals surface area contributed by atoms with Crippen molar-refractivity contribution in [3.05, 3.63) is 0 Å². The van der Waals surface area contributed by atoms with Crippen LogP contribution < -0.4 is 10.6 Å². The minimum Gasteiger partial charge on any atom is -0.353 e. The maximum Gasteiger partial charge on any atom is 0.240 e. The summed E-state index contributed by atoms with van der Waals surface area (Å²) in [6.45, 7) is 0.727. The summed E-state index contributed by atoms with van der Waals surface area (Å²) in [7, 11) is 0. The smallest absolute Gasteiger partial charge is 0.240 e. The van der Waals surface area contributed by atoms with Gasteiger partial charge in [-0.15, -0.1) is 12.4 Å². The summed E-state index contributed by atoms with van der Waals surface area (Å²) < 4.78 is 12.2. The highest BCUT2D eigenvalue weighted by molar-refractivity contribution is 5.89. The minimum absolute atomic E-state index is 0. The van der Waals surface area contributed by atoms with Crippen LogP contribution in [-0.2, 0) is 9.59 Å². The Kier molecular flexibility index (Phi) is 5.81. The molecule has 1 aliphatic heterocycles. The number of nitrogens with one attached hydrogen (secondary N) is 2. The monoisotopic (exact) mass is 279 g/mol. The van der Waals surface area contributed by atoms with E-state index >= 15 is 0 Å². The number of halogens is 2. The van der Waals surface area contributed by atoms with Crippen LogP contribution in [0.4, 0.5) is 4.39 Å². The Balaban J connectivity index is 0.00000162. The molecule has 0 aromatic heterocycles. The molecule has 0 radical (unpaired) electrons. The molecule has 1 atom stereocenters. The molecule has 2 fully saturated rings. The van der Waals surface area contributed by atoms with E-state index in [0.717, 1.165) is 12.8 Å². The minimum atomic E-state index is -0.535. The van der Waals surface area contributed by atoms with Crippen LogP contribution in [-0.4, -0.2) is 55.1 Å². The lowest BCUT2D eigenvalue weighted by molar-refractivity contribution is -0.138. The SMILES string of the molecule is Cl.O=C(CC1NCCN(CCF)C1=O)NC1CC1. The standard InChI is InChI=1S/C11H18FN3O2.ClH/c12-3-5-15-6-4-13-9(11(15)17)7-10(16)14-8-1-2-8;/h8-9,13H,1-7H2,(H,14,16);1H. The molecule has 0 spiro atoms. The topological polar surface area (TPSA) is 61.4 Å². The quantitative estimate of drug-likeness (QED) is 0.736. The molecule has 0 aromatic rings. The van der Waals surface area contributed by atoms with Gasteiger partial charge in [-0.3, -0.25) is 9.59 Å². The molecule has 2 rings (SSSR count). The molecule has 1 aliphatic carbocycles.